The average molecular weight is 705 g/mol. The summed E-state index contributed by atoms with van der Waals surface area (Å²) in [5.41, 5.74) is -3.77. The molecule has 0 spiro atoms. The second-order valence-electron chi connectivity index (χ2n) is 13.3. The number of piperazine rings is 1. The van der Waals surface area contributed by atoms with Gasteiger partial charge in [0.05, 0.1) is 29.2 Å². The SMILES string of the molecule is BC1(OC(=O)O)CCCC(C)(OON2CCN(C(=O)N(C)Cc3cc(C(F)(F)F)cc(C(F)(F)F)c3)[C@@H](c3ccc(F)cc3C)C2)CCC1. The van der Waals surface area contributed by atoms with Crippen LogP contribution in [-0.2, 0) is 33.5 Å². The molecule has 1 heterocycles. The Labute approximate surface area is 280 Å². The van der Waals surface area contributed by atoms with E-state index >= 15 is 0 Å². The van der Waals surface area contributed by atoms with Gasteiger partial charge in [-0.2, -0.15) is 31.4 Å². The standard InChI is InChI=1S/C32H39BF7N3O6/c1-20-14-24(34)6-7-25(20)26-19-42(49-48-29(2)8-4-10-30(33,11-5-9-29)47-28(45)46)12-13-43(26)27(44)41(3)18-21-15-22(31(35,36)37)17-23(16-21)32(38,39)40/h6-7,14-17,26H,4-5,8-13,18-19,33H2,1-3H3,(H,45,46)/t26-,29?,30?/m1/s1. The van der Waals surface area contributed by atoms with Crippen molar-refractivity contribution in [2.45, 2.75) is 88.4 Å². The topological polar surface area (TPSA) is 91.8 Å². The van der Waals surface area contributed by atoms with Crippen molar-refractivity contribution < 1.29 is 60.0 Å². The van der Waals surface area contributed by atoms with Crippen LogP contribution in [-0.4, -0.2) is 77.8 Å². The lowest BCUT2D eigenvalue weighted by molar-refractivity contribution is -0.472. The lowest BCUT2D eigenvalue weighted by Gasteiger charge is -2.43. The number of alkyl halides is 6. The molecule has 1 saturated carbocycles. The maximum atomic E-state index is 14.1. The molecule has 2 fully saturated rings. The zero-order valence-corrected chi connectivity index (χ0v) is 27.6. The molecule has 1 saturated heterocycles. The molecule has 1 N–H and O–H groups in total. The second-order valence-corrected chi connectivity index (χ2v) is 13.3. The minimum Gasteiger partial charge on any atom is -0.450 e. The molecule has 0 bridgehead atoms. The molecule has 2 aromatic carbocycles. The first kappa shape index (κ1) is 38.2. The van der Waals surface area contributed by atoms with Crippen LogP contribution in [0.1, 0.15) is 79.3 Å². The van der Waals surface area contributed by atoms with E-state index < -0.39 is 65.2 Å². The van der Waals surface area contributed by atoms with Crippen LogP contribution in [0.3, 0.4) is 0 Å². The summed E-state index contributed by atoms with van der Waals surface area (Å²) < 4.78 is 99.8. The average Bonchev–Trinajstić information content (AvgIpc) is 2.97. The van der Waals surface area contributed by atoms with Crippen LogP contribution in [0.15, 0.2) is 36.4 Å². The highest BCUT2D eigenvalue weighted by Crippen LogP contribution is 2.38. The second kappa shape index (κ2) is 14.7. The van der Waals surface area contributed by atoms with Gasteiger partial charge in [0.2, 0.25) is 0 Å². The molecule has 2 aliphatic rings. The number of carboxylic acid groups (broad SMARTS) is 1. The van der Waals surface area contributed by atoms with Gasteiger partial charge < -0.3 is 19.6 Å². The molecule has 1 atom stereocenters. The Morgan fingerprint density at radius 2 is 1.57 bits per heavy atom. The fourth-order valence-electron chi connectivity index (χ4n) is 6.47. The molecule has 49 heavy (non-hydrogen) atoms. The number of hydrogen-bond acceptors (Lipinski definition) is 6. The van der Waals surface area contributed by atoms with Gasteiger partial charge in [-0.3, -0.25) is 0 Å². The van der Waals surface area contributed by atoms with Crippen molar-refractivity contribution in [1.82, 2.24) is 14.9 Å². The maximum absolute atomic E-state index is 14.1. The lowest BCUT2D eigenvalue weighted by atomic mass is 9.70. The fourth-order valence-corrected chi connectivity index (χ4v) is 6.47. The number of amides is 2. The van der Waals surface area contributed by atoms with Crippen LogP contribution in [0.2, 0.25) is 0 Å². The van der Waals surface area contributed by atoms with Crippen LogP contribution < -0.4 is 0 Å². The van der Waals surface area contributed by atoms with Crippen LogP contribution >= 0.6 is 0 Å². The van der Waals surface area contributed by atoms with E-state index in [9.17, 15) is 40.3 Å². The van der Waals surface area contributed by atoms with Crippen molar-refractivity contribution in [2.75, 3.05) is 26.7 Å². The Hall–Kier alpha value is -3.57. The van der Waals surface area contributed by atoms with E-state index in [-0.39, 0.29) is 31.3 Å². The molecule has 2 amide bonds. The van der Waals surface area contributed by atoms with E-state index in [4.69, 9.17) is 19.7 Å². The zero-order chi connectivity index (χ0) is 36.4. The number of carbonyl (C=O) groups is 2. The Bertz CT molecular complexity index is 1470. The number of halogens is 7. The molecular formula is C32H39BF7N3O6. The summed E-state index contributed by atoms with van der Waals surface area (Å²) in [6.07, 6.45) is -8.12. The van der Waals surface area contributed by atoms with Crippen molar-refractivity contribution in [3.05, 3.63) is 70.0 Å². The molecular weight excluding hydrogens is 666 g/mol. The highest BCUT2D eigenvalue weighted by molar-refractivity contribution is 6.15. The summed E-state index contributed by atoms with van der Waals surface area (Å²) in [5, 5.41) is 10.6. The first-order valence-corrected chi connectivity index (χ1v) is 15.8. The monoisotopic (exact) mass is 705 g/mol. The molecule has 2 aromatic rings. The van der Waals surface area contributed by atoms with Crippen LogP contribution in [0, 0.1) is 12.7 Å². The minimum atomic E-state index is -5.04. The molecule has 9 nitrogen and oxygen atoms in total. The number of nitrogens with zero attached hydrogens (tertiary/aromatic N) is 3. The van der Waals surface area contributed by atoms with Crippen LogP contribution in [0.5, 0.6) is 0 Å². The molecule has 1 aliphatic carbocycles. The number of ether oxygens (including phenoxy) is 1. The van der Waals surface area contributed by atoms with E-state index in [1.54, 1.807) is 14.8 Å². The number of urea groups is 1. The summed E-state index contributed by atoms with van der Waals surface area (Å²) in [6, 6.07) is 3.80. The van der Waals surface area contributed by atoms with E-state index in [1.807, 2.05) is 6.92 Å². The Kier molecular flexibility index (Phi) is 11.5. The van der Waals surface area contributed by atoms with Gasteiger partial charge in [-0.15, -0.1) is 4.99 Å². The molecule has 0 radical (unpaired) electrons. The predicted molar refractivity (Wildman–Crippen MR) is 164 cm³/mol. The van der Waals surface area contributed by atoms with Gasteiger partial charge in [0.15, 0.2) is 7.85 Å². The first-order chi connectivity index (χ1) is 22.7. The normalized spacial score (nSPS) is 24.2. The molecule has 0 unspecified atom stereocenters. The predicted octanol–water partition coefficient (Wildman–Crippen LogP) is 7.08. The third-order valence-electron chi connectivity index (χ3n) is 9.07. The molecule has 4 rings (SSSR count). The summed E-state index contributed by atoms with van der Waals surface area (Å²) in [6.45, 7) is 3.20. The summed E-state index contributed by atoms with van der Waals surface area (Å²) in [4.78, 5) is 39.1. The number of hydroxylamine groups is 2. The number of hydrogen-bond donors (Lipinski definition) is 1. The van der Waals surface area contributed by atoms with Gasteiger partial charge in [0, 0.05) is 26.7 Å². The molecule has 0 aromatic heterocycles. The third kappa shape index (κ3) is 10.0. The molecule has 270 valence electrons. The summed E-state index contributed by atoms with van der Waals surface area (Å²) in [7, 11) is 3.04. The Balaban J connectivity index is 1.50. The van der Waals surface area contributed by atoms with Gasteiger partial charge in [-0.1, -0.05) is 6.07 Å². The van der Waals surface area contributed by atoms with Crippen molar-refractivity contribution >= 4 is 20.0 Å². The highest BCUT2D eigenvalue weighted by atomic mass is 19.4. The molecule has 1 aliphatic heterocycles. The van der Waals surface area contributed by atoms with E-state index in [0.29, 0.717) is 61.8 Å². The number of aryl methyl sites for hydroxylation is 1. The smallest absolute Gasteiger partial charge is 0.450 e. The lowest BCUT2D eigenvalue weighted by Crippen LogP contribution is -2.54. The van der Waals surface area contributed by atoms with Gasteiger partial charge >= 0.3 is 24.5 Å². The Morgan fingerprint density at radius 1 is 0.980 bits per heavy atom. The largest absolute Gasteiger partial charge is 0.505 e. The van der Waals surface area contributed by atoms with Crippen molar-refractivity contribution in [3.63, 3.8) is 0 Å². The number of carbonyl (C=O) groups excluding carboxylic acids is 1. The summed E-state index contributed by atoms with van der Waals surface area (Å²) in [5.74, 6) is -0.504. The summed E-state index contributed by atoms with van der Waals surface area (Å²) >= 11 is 0. The van der Waals surface area contributed by atoms with Gasteiger partial charge in [-0.05, 0) is 99.4 Å². The highest BCUT2D eigenvalue weighted by Gasteiger charge is 2.40. The molecule has 17 heteroatoms. The van der Waals surface area contributed by atoms with E-state index in [2.05, 4.69) is 0 Å². The van der Waals surface area contributed by atoms with Crippen molar-refractivity contribution in [1.29, 1.82) is 0 Å². The zero-order valence-electron chi connectivity index (χ0n) is 27.6. The minimum absolute atomic E-state index is 0.0296. The van der Waals surface area contributed by atoms with E-state index in [0.717, 1.165) is 4.90 Å². The fraction of sp³-hybridized carbons (Fsp3) is 0.562. The van der Waals surface area contributed by atoms with Crippen LogP contribution in [0.25, 0.3) is 0 Å². The van der Waals surface area contributed by atoms with E-state index in [1.165, 1.54) is 35.2 Å². The van der Waals surface area contributed by atoms with Crippen molar-refractivity contribution in [3.8, 4) is 0 Å². The van der Waals surface area contributed by atoms with Gasteiger partial charge in [-0.25, -0.2) is 18.9 Å². The maximum Gasteiger partial charge on any atom is 0.505 e. The Morgan fingerprint density at radius 3 is 2.10 bits per heavy atom. The number of rotatable bonds is 7. The van der Waals surface area contributed by atoms with Gasteiger partial charge in [0.1, 0.15) is 11.4 Å². The third-order valence-corrected chi connectivity index (χ3v) is 9.07. The quantitative estimate of drug-likeness (QED) is 0.108. The first-order valence-electron chi connectivity index (χ1n) is 15.8. The van der Waals surface area contributed by atoms with Crippen LogP contribution in [0.4, 0.5) is 40.3 Å². The van der Waals surface area contributed by atoms with Crippen molar-refractivity contribution in [2.24, 2.45) is 0 Å². The number of benzene rings is 2. The van der Waals surface area contributed by atoms with Gasteiger partial charge in [0.25, 0.3) is 0 Å².